The fraction of sp³-hybridized carbons (Fsp3) is 0.409. The summed E-state index contributed by atoms with van der Waals surface area (Å²) in [4.78, 5) is 19.1. The summed E-state index contributed by atoms with van der Waals surface area (Å²) >= 11 is 0. The molecule has 2 aliphatic rings. The lowest BCUT2D eigenvalue weighted by Crippen LogP contribution is -2.51. The van der Waals surface area contributed by atoms with Crippen LogP contribution in [0.5, 0.6) is 0 Å². The van der Waals surface area contributed by atoms with Crippen LogP contribution in [0.2, 0.25) is 0 Å². The molecule has 0 unspecified atom stereocenters. The van der Waals surface area contributed by atoms with Crippen LogP contribution >= 0.6 is 0 Å². The Balaban J connectivity index is 1.28. The van der Waals surface area contributed by atoms with Crippen LogP contribution in [0.1, 0.15) is 11.5 Å². The van der Waals surface area contributed by atoms with E-state index >= 15 is 0 Å². The predicted molar refractivity (Wildman–Crippen MR) is 109 cm³/mol. The van der Waals surface area contributed by atoms with Gasteiger partial charge >= 0.3 is 0 Å². The van der Waals surface area contributed by atoms with Crippen LogP contribution < -0.4 is 10.6 Å². The molecule has 2 fully saturated rings. The van der Waals surface area contributed by atoms with E-state index in [1.807, 2.05) is 23.1 Å². The van der Waals surface area contributed by atoms with Crippen molar-refractivity contribution in [2.45, 2.75) is 12.0 Å². The molecule has 0 saturated carbocycles. The highest BCUT2D eigenvalue weighted by Gasteiger charge is 2.33. The Morgan fingerprint density at radius 3 is 2.32 bits per heavy atom. The first-order valence-electron chi connectivity index (χ1n) is 9.91. The Labute approximate surface area is 165 Å². The normalized spacial score (nSPS) is 23.2. The minimum absolute atomic E-state index is 0.0607. The first-order valence-corrected chi connectivity index (χ1v) is 9.91. The molecule has 2 N–H and O–H groups in total. The van der Waals surface area contributed by atoms with Crippen LogP contribution in [-0.4, -0.2) is 67.6 Å². The van der Waals surface area contributed by atoms with E-state index in [4.69, 9.17) is 5.73 Å². The second-order valence-electron chi connectivity index (χ2n) is 7.72. The largest absolute Gasteiger partial charge is 0.368 e. The first kappa shape index (κ1) is 18.9. The van der Waals surface area contributed by atoms with Crippen LogP contribution in [0.15, 0.2) is 54.6 Å². The molecule has 0 radical (unpaired) electrons. The molecule has 2 atom stereocenters. The quantitative estimate of drug-likeness (QED) is 0.878. The summed E-state index contributed by atoms with van der Waals surface area (Å²) in [5.41, 5.74) is 8.60. The smallest absolute Gasteiger partial charge is 0.236 e. The molecule has 2 saturated heterocycles. The minimum atomic E-state index is -0.227. The summed E-state index contributed by atoms with van der Waals surface area (Å²) in [6.45, 7) is 4.92. The number of nitrogens with zero attached hydrogens (tertiary/aromatic N) is 3. The lowest BCUT2D eigenvalue weighted by molar-refractivity contribution is -0.132. The van der Waals surface area contributed by atoms with Crippen molar-refractivity contribution in [1.29, 1.82) is 0 Å². The van der Waals surface area contributed by atoms with Gasteiger partial charge in [-0.2, -0.15) is 0 Å². The van der Waals surface area contributed by atoms with E-state index in [0.29, 0.717) is 19.6 Å². The fourth-order valence-corrected chi connectivity index (χ4v) is 4.25. The van der Waals surface area contributed by atoms with Gasteiger partial charge in [-0.25, -0.2) is 4.39 Å². The molecule has 2 heterocycles. The van der Waals surface area contributed by atoms with Crippen LogP contribution in [0.3, 0.4) is 0 Å². The molecule has 0 aromatic heterocycles. The van der Waals surface area contributed by atoms with E-state index in [1.54, 1.807) is 12.1 Å². The van der Waals surface area contributed by atoms with Crippen LogP contribution in [0, 0.1) is 5.82 Å². The maximum atomic E-state index is 13.1. The molecule has 5 nitrogen and oxygen atoms in total. The number of piperazine rings is 1. The molecule has 2 aliphatic heterocycles. The molecule has 2 aromatic rings. The second kappa shape index (κ2) is 8.29. The number of amides is 1. The average molecular weight is 382 g/mol. The highest BCUT2D eigenvalue weighted by Crippen LogP contribution is 2.26. The van der Waals surface area contributed by atoms with Gasteiger partial charge in [0.05, 0.1) is 6.54 Å². The van der Waals surface area contributed by atoms with Crippen molar-refractivity contribution in [3.63, 3.8) is 0 Å². The van der Waals surface area contributed by atoms with E-state index in [9.17, 15) is 9.18 Å². The van der Waals surface area contributed by atoms with E-state index in [2.05, 4.69) is 21.9 Å². The van der Waals surface area contributed by atoms with Crippen LogP contribution in [0.25, 0.3) is 0 Å². The maximum absolute atomic E-state index is 13.1. The first-order chi connectivity index (χ1) is 13.6. The monoisotopic (exact) mass is 382 g/mol. The lowest BCUT2D eigenvalue weighted by Gasteiger charge is -2.36. The Hall–Kier alpha value is -2.44. The third-order valence-electron chi connectivity index (χ3n) is 5.85. The Kier molecular flexibility index (Phi) is 5.59. The number of benzene rings is 2. The van der Waals surface area contributed by atoms with Gasteiger partial charge in [-0.1, -0.05) is 30.3 Å². The number of hydrogen-bond donors (Lipinski definition) is 1. The van der Waals surface area contributed by atoms with E-state index in [1.165, 1.54) is 17.7 Å². The number of halogens is 1. The van der Waals surface area contributed by atoms with Gasteiger partial charge < -0.3 is 15.5 Å². The van der Waals surface area contributed by atoms with Crippen LogP contribution in [0.4, 0.5) is 10.1 Å². The van der Waals surface area contributed by atoms with Gasteiger partial charge in [-0.3, -0.25) is 9.69 Å². The van der Waals surface area contributed by atoms with Crippen molar-refractivity contribution in [1.82, 2.24) is 9.80 Å². The third-order valence-corrected chi connectivity index (χ3v) is 5.85. The molecular formula is C22H27FN4O. The highest BCUT2D eigenvalue weighted by atomic mass is 19.1. The van der Waals surface area contributed by atoms with Gasteiger partial charge in [-0.15, -0.1) is 0 Å². The SMILES string of the molecule is N[C@@H]1CN(CC(=O)N2CCN(c3ccc(F)cc3)CC2)C[C@H]1c1ccccc1. The van der Waals surface area contributed by atoms with Gasteiger partial charge in [-0.05, 0) is 29.8 Å². The zero-order valence-electron chi connectivity index (χ0n) is 16.0. The standard InChI is InChI=1S/C22H27FN4O/c23-18-6-8-19(9-7-18)26-10-12-27(13-11-26)22(28)16-25-14-20(21(24)15-25)17-4-2-1-3-5-17/h1-9,20-21H,10-16,24H2/t20-,21+/m0/s1. The number of nitrogens with two attached hydrogens (primary N) is 1. The van der Waals surface area contributed by atoms with Gasteiger partial charge in [0.2, 0.25) is 5.91 Å². The lowest BCUT2D eigenvalue weighted by atomic mass is 9.95. The summed E-state index contributed by atoms with van der Waals surface area (Å²) in [5, 5.41) is 0. The Bertz CT molecular complexity index is 790. The summed E-state index contributed by atoms with van der Waals surface area (Å²) in [7, 11) is 0. The topological polar surface area (TPSA) is 52.8 Å². The number of likely N-dealkylation sites (tertiary alicyclic amines) is 1. The van der Waals surface area contributed by atoms with Crippen molar-refractivity contribution in [2.24, 2.45) is 5.73 Å². The number of carbonyl (C=O) groups is 1. The fourth-order valence-electron chi connectivity index (χ4n) is 4.25. The van der Waals surface area contributed by atoms with Gasteiger partial charge in [0.15, 0.2) is 0 Å². The van der Waals surface area contributed by atoms with E-state index in [0.717, 1.165) is 31.9 Å². The maximum Gasteiger partial charge on any atom is 0.236 e. The highest BCUT2D eigenvalue weighted by molar-refractivity contribution is 5.78. The summed E-state index contributed by atoms with van der Waals surface area (Å²) in [6.07, 6.45) is 0. The molecule has 4 rings (SSSR count). The van der Waals surface area contributed by atoms with E-state index in [-0.39, 0.29) is 23.7 Å². The molecule has 2 aromatic carbocycles. The number of carbonyl (C=O) groups excluding carboxylic acids is 1. The number of rotatable bonds is 4. The van der Waals surface area contributed by atoms with Crippen molar-refractivity contribution in [3.8, 4) is 0 Å². The zero-order valence-corrected chi connectivity index (χ0v) is 16.0. The van der Waals surface area contributed by atoms with Crippen molar-refractivity contribution in [2.75, 3.05) is 50.7 Å². The number of anilines is 1. The van der Waals surface area contributed by atoms with Crippen LogP contribution in [-0.2, 0) is 4.79 Å². The average Bonchev–Trinajstić information content (AvgIpc) is 3.09. The zero-order chi connectivity index (χ0) is 19.5. The predicted octanol–water partition coefficient (Wildman–Crippen LogP) is 1.90. The van der Waals surface area contributed by atoms with Crippen molar-refractivity contribution in [3.05, 3.63) is 66.0 Å². The molecule has 0 spiro atoms. The third kappa shape index (κ3) is 4.18. The summed E-state index contributed by atoms with van der Waals surface area (Å²) in [6, 6.07) is 16.9. The molecule has 0 bridgehead atoms. The van der Waals surface area contributed by atoms with Crippen molar-refractivity contribution < 1.29 is 9.18 Å². The molecule has 0 aliphatic carbocycles. The molecule has 1 amide bonds. The number of hydrogen-bond acceptors (Lipinski definition) is 4. The molecule has 148 valence electrons. The van der Waals surface area contributed by atoms with Gasteiger partial charge in [0.1, 0.15) is 5.82 Å². The van der Waals surface area contributed by atoms with Crippen molar-refractivity contribution >= 4 is 11.6 Å². The van der Waals surface area contributed by atoms with E-state index < -0.39 is 0 Å². The van der Waals surface area contributed by atoms with Gasteiger partial charge in [0, 0.05) is 56.9 Å². The molecular weight excluding hydrogens is 355 g/mol. The summed E-state index contributed by atoms with van der Waals surface area (Å²) in [5.74, 6) is 0.221. The Morgan fingerprint density at radius 1 is 0.964 bits per heavy atom. The molecule has 28 heavy (non-hydrogen) atoms. The molecule has 6 heteroatoms. The minimum Gasteiger partial charge on any atom is -0.368 e. The Morgan fingerprint density at radius 2 is 1.64 bits per heavy atom. The second-order valence-corrected chi connectivity index (χ2v) is 7.72. The van der Waals surface area contributed by atoms with Gasteiger partial charge in [0.25, 0.3) is 0 Å². The summed E-state index contributed by atoms with van der Waals surface area (Å²) < 4.78 is 13.1.